The zero-order valence-corrected chi connectivity index (χ0v) is 16.3. The third-order valence-electron chi connectivity index (χ3n) is 9.82. The maximum Gasteiger partial charge on any atom is 0.171 e. The maximum atomic E-state index is 10.6. The summed E-state index contributed by atoms with van der Waals surface area (Å²) < 4.78 is 12.3. The molecule has 0 aromatic heterocycles. The van der Waals surface area contributed by atoms with E-state index >= 15 is 0 Å². The summed E-state index contributed by atoms with van der Waals surface area (Å²) in [6.07, 6.45) is 9.85. The standard InChI is InChI=1S/C22H36O3/c1-14-12-21(3)15(13-22(14)24-10-11-25-22)4-5-16-17-6-7-19(23)20(17,2)9-8-18(16)21/h14-19,23H,4-13H2,1-3H3/t14-,15+,16?,17?,18?,19+,20+,21+/m1/s1. The quantitative estimate of drug-likeness (QED) is 0.706. The van der Waals surface area contributed by atoms with Gasteiger partial charge in [-0.25, -0.2) is 0 Å². The summed E-state index contributed by atoms with van der Waals surface area (Å²) in [5, 5.41) is 10.6. The number of fused-ring (bicyclic) bond motifs is 5. The van der Waals surface area contributed by atoms with Crippen LogP contribution in [-0.2, 0) is 9.47 Å². The van der Waals surface area contributed by atoms with Crippen LogP contribution in [0, 0.1) is 40.4 Å². The van der Waals surface area contributed by atoms with Crippen molar-refractivity contribution in [2.75, 3.05) is 13.2 Å². The predicted octanol–water partition coefficient (Wildman–Crippen LogP) is 4.38. The van der Waals surface area contributed by atoms with Gasteiger partial charge in [0.05, 0.1) is 19.3 Å². The molecule has 3 nitrogen and oxygen atoms in total. The van der Waals surface area contributed by atoms with E-state index in [2.05, 4.69) is 20.8 Å². The molecule has 0 aromatic rings. The van der Waals surface area contributed by atoms with E-state index < -0.39 is 0 Å². The van der Waals surface area contributed by atoms with Crippen LogP contribution in [0.25, 0.3) is 0 Å². The number of aliphatic hydroxyl groups excluding tert-OH is 1. The summed E-state index contributed by atoms with van der Waals surface area (Å²) >= 11 is 0. The number of ether oxygens (including phenoxy) is 2. The summed E-state index contributed by atoms with van der Waals surface area (Å²) in [4.78, 5) is 0. The second kappa shape index (κ2) is 5.45. The van der Waals surface area contributed by atoms with E-state index in [-0.39, 0.29) is 17.3 Å². The van der Waals surface area contributed by atoms with Crippen LogP contribution in [0.3, 0.4) is 0 Å². The van der Waals surface area contributed by atoms with Crippen LogP contribution >= 0.6 is 0 Å². The second-order valence-electron chi connectivity index (χ2n) is 10.6. The highest BCUT2D eigenvalue weighted by Crippen LogP contribution is 2.68. The molecule has 5 rings (SSSR count). The van der Waals surface area contributed by atoms with Crippen molar-refractivity contribution in [2.24, 2.45) is 40.4 Å². The average molecular weight is 349 g/mol. The van der Waals surface area contributed by atoms with E-state index in [0.29, 0.717) is 11.3 Å². The van der Waals surface area contributed by atoms with Gasteiger partial charge in [-0.3, -0.25) is 0 Å². The molecule has 3 heteroatoms. The Balaban J connectivity index is 1.43. The van der Waals surface area contributed by atoms with E-state index in [1.165, 1.54) is 38.5 Å². The van der Waals surface area contributed by atoms with Crippen molar-refractivity contribution in [1.29, 1.82) is 0 Å². The van der Waals surface area contributed by atoms with Crippen molar-refractivity contribution >= 4 is 0 Å². The Bertz CT molecular complexity index is 541. The molecule has 1 spiro atoms. The minimum atomic E-state index is -0.274. The topological polar surface area (TPSA) is 38.7 Å². The minimum Gasteiger partial charge on any atom is -0.393 e. The van der Waals surface area contributed by atoms with Crippen LogP contribution in [0.1, 0.15) is 72.1 Å². The summed E-state index contributed by atoms with van der Waals surface area (Å²) in [5.41, 5.74) is 0.640. The van der Waals surface area contributed by atoms with Crippen molar-refractivity contribution in [3.05, 3.63) is 0 Å². The van der Waals surface area contributed by atoms with Crippen LogP contribution < -0.4 is 0 Å². The number of hydrogen-bond acceptors (Lipinski definition) is 3. The first-order valence-electron chi connectivity index (χ1n) is 10.8. The molecule has 4 aliphatic carbocycles. The number of aliphatic hydroxyl groups is 1. The van der Waals surface area contributed by atoms with E-state index in [1.807, 2.05) is 0 Å². The first-order chi connectivity index (χ1) is 11.9. The lowest BCUT2D eigenvalue weighted by Crippen LogP contribution is -2.58. The fraction of sp³-hybridized carbons (Fsp3) is 1.00. The first kappa shape index (κ1) is 17.0. The van der Waals surface area contributed by atoms with Gasteiger partial charge in [-0.15, -0.1) is 0 Å². The normalized spacial score (nSPS) is 57.1. The second-order valence-corrected chi connectivity index (χ2v) is 10.6. The van der Waals surface area contributed by atoms with Gasteiger partial charge in [0.25, 0.3) is 0 Å². The van der Waals surface area contributed by atoms with Gasteiger partial charge in [-0.2, -0.15) is 0 Å². The zero-order valence-electron chi connectivity index (χ0n) is 16.3. The van der Waals surface area contributed by atoms with Crippen molar-refractivity contribution in [1.82, 2.24) is 0 Å². The Morgan fingerprint density at radius 3 is 2.32 bits per heavy atom. The highest BCUT2D eigenvalue weighted by atomic mass is 16.7. The van der Waals surface area contributed by atoms with Crippen LogP contribution in [0.5, 0.6) is 0 Å². The molecule has 0 aromatic carbocycles. The zero-order chi connectivity index (χ0) is 17.4. The van der Waals surface area contributed by atoms with Crippen LogP contribution in [0.2, 0.25) is 0 Å². The van der Waals surface area contributed by atoms with Gasteiger partial charge in [-0.05, 0) is 79.4 Å². The minimum absolute atomic E-state index is 0.0576. The first-order valence-corrected chi connectivity index (χ1v) is 10.8. The third-order valence-corrected chi connectivity index (χ3v) is 9.82. The molecule has 0 amide bonds. The van der Waals surface area contributed by atoms with E-state index in [4.69, 9.17) is 9.47 Å². The van der Waals surface area contributed by atoms with E-state index in [0.717, 1.165) is 49.7 Å². The van der Waals surface area contributed by atoms with Crippen molar-refractivity contribution in [3.8, 4) is 0 Å². The molecular weight excluding hydrogens is 312 g/mol. The summed E-state index contributed by atoms with van der Waals surface area (Å²) in [5.74, 6) is 3.41. The molecule has 1 N–H and O–H groups in total. The monoisotopic (exact) mass is 348 g/mol. The molecule has 4 saturated carbocycles. The number of hydrogen-bond donors (Lipinski definition) is 1. The average Bonchev–Trinajstić information content (AvgIpc) is 3.16. The SMILES string of the molecule is C[C@@H]1C[C@]2(C)C3CC[C@@]4(C)C(CC[C@@H]4O)C3CC[C@H]2CC12OCCO2. The van der Waals surface area contributed by atoms with Crippen LogP contribution in [0.15, 0.2) is 0 Å². The Hall–Kier alpha value is -0.120. The van der Waals surface area contributed by atoms with Crippen molar-refractivity contribution < 1.29 is 14.6 Å². The molecule has 0 radical (unpaired) electrons. The third kappa shape index (κ3) is 2.15. The molecule has 1 saturated heterocycles. The summed E-state index contributed by atoms with van der Waals surface area (Å²) in [6.45, 7) is 8.90. The largest absolute Gasteiger partial charge is 0.393 e. The van der Waals surface area contributed by atoms with Gasteiger partial charge in [0.2, 0.25) is 0 Å². The molecule has 8 atom stereocenters. The molecule has 1 aliphatic heterocycles. The van der Waals surface area contributed by atoms with Gasteiger partial charge in [0, 0.05) is 12.3 Å². The van der Waals surface area contributed by atoms with Gasteiger partial charge >= 0.3 is 0 Å². The Labute approximate surface area is 152 Å². The van der Waals surface area contributed by atoms with Gasteiger partial charge in [-0.1, -0.05) is 20.8 Å². The van der Waals surface area contributed by atoms with Gasteiger partial charge < -0.3 is 14.6 Å². The fourth-order valence-electron chi connectivity index (χ4n) is 8.39. The van der Waals surface area contributed by atoms with Gasteiger partial charge in [0.1, 0.15) is 0 Å². The van der Waals surface area contributed by atoms with Gasteiger partial charge in [0.15, 0.2) is 5.79 Å². The molecular formula is C22H36O3. The molecule has 0 bridgehead atoms. The summed E-state index contributed by atoms with van der Waals surface area (Å²) in [7, 11) is 0. The van der Waals surface area contributed by atoms with E-state index in [9.17, 15) is 5.11 Å². The molecule has 5 fully saturated rings. The van der Waals surface area contributed by atoms with Crippen molar-refractivity contribution in [3.63, 3.8) is 0 Å². The van der Waals surface area contributed by atoms with E-state index in [1.54, 1.807) is 0 Å². The molecule has 1 heterocycles. The summed E-state index contributed by atoms with van der Waals surface area (Å²) in [6, 6.07) is 0. The smallest absolute Gasteiger partial charge is 0.171 e. The lowest BCUT2D eigenvalue weighted by molar-refractivity contribution is -0.258. The molecule has 5 aliphatic rings. The molecule has 142 valence electrons. The number of rotatable bonds is 0. The highest BCUT2D eigenvalue weighted by Gasteiger charge is 2.63. The lowest BCUT2D eigenvalue weighted by atomic mass is 9.44. The Morgan fingerprint density at radius 1 is 0.840 bits per heavy atom. The van der Waals surface area contributed by atoms with Crippen LogP contribution in [0.4, 0.5) is 0 Å². The molecule has 3 unspecified atom stereocenters. The molecule has 25 heavy (non-hydrogen) atoms. The Morgan fingerprint density at radius 2 is 1.56 bits per heavy atom. The highest BCUT2D eigenvalue weighted by molar-refractivity contribution is 5.11. The Kier molecular flexibility index (Phi) is 3.71. The van der Waals surface area contributed by atoms with Crippen LogP contribution in [-0.4, -0.2) is 30.2 Å². The van der Waals surface area contributed by atoms with Crippen molar-refractivity contribution in [2.45, 2.75) is 84.0 Å². The fourth-order valence-corrected chi connectivity index (χ4v) is 8.39. The maximum absolute atomic E-state index is 10.6. The predicted molar refractivity (Wildman–Crippen MR) is 96.9 cm³/mol. The lowest BCUT2D eigenvalue weighted by Gasteiger charge is -2.62.